The smallest absolute Gasteiger partial charge is 0.318 e. The molecule has 1 aliphatic heterocycles. The molecule has 0 aliphatic carbocycles. The lowest BCUT2D eigenvalue weighted by Gasteiger charge is -2.34. The van der Waals surface area contributed by atoms with E-state index in [-0.39, 0.29) is 18.0 Å². The molecule has 1 aliphatic rings. The number of amides is 3. The molecule has 1 unspecified atom stereocenters. The fourth-order valence-electron chi connectivity index (χ4n) is 2.13. The van der Waals surface area contributed by atoms with Crippen molar-refractivity contribution < 1.29 is 9.59 Å². The Balaban J connectivity index is 1.85. The molecule has 1 N–H and O–H groups in total. The second kappa shape index (κ2) is 6.45. The van der Waals surface area contributed by atoms with Gasteiger partial charge in [0.2, 0.25) is 5.91 Å². The molecule has 1 aromatic rings. The molecule has 0 radical (unpaired) electrons. The molecule has 5 nitrogen and oxygen atoms in total. The number of thiophene rings is 1. The Labute approximate surface area is 127 Å². The average Bonchev–Trinajstić information content (AvgIpc) is 2.85. The maximum atomic E-state index is 12.1. The topological polar surface area (TPSA) is 52.7 Å². The zero-order chi connectivity index (χ0) is 14.7. The van der Waals surface area contributed by atoms with Crippen molar-refractivity contribution in [3.8, 4) is 0 Å². The van der Waals surface area contributed by atoms with Crippen LogP contribution in [0.5, 0.6) is 0 Å². The van der Waals surface area contributed by atoms with Crippen molar-refractivity contribution in [1.29, 1.82) is 0 Å². The minimum Gasteiger partial charge on any atom is -0.339 e. The summed E-state index contributed by atoms with van der Waals surface area (Å²) >= 11 is 7.36. The van der Waals surface area contributed by atoms with E-state index in [2.05, 4.69) is 5.32 Å². The van der Waals surface area contributed by atoms with Crippen LogP contribution < -0.4 is 5.32 Å². The zero-order valence-corrected chi connectivity index (χ0v) is 13.1. The van der Waals surface area contributed by atoms with Gasteiger partial charge in [0, 0.05) is 38.0 Å². The lowest BCUT2D eigenvalue weighted by Crippen LogP contribution is -2.53. The van der Waals surface area contributed by atoms with Gasteiger partial charge in [-0.2, -0.15) is 0 Å². The van der Waals surface area contributed by atoms with Crippen LogP contribution in [0.15, 0.2) is 12.1 Å². The molecule has 1 atom stereocenters. The predicted octanol–water partition coefficient (Wildman–Crippen LogP) is 2.34. The standard InChI is InChI=1S/C13H18ClN3O2S/c1-9(11-3-4-12(14)20-11)15-13(19)17-7-5-16(6-8-17)10(2)18/h3-4,9H,5-8H2,1-2H3,(H,15,19). The first kappa shape index (κ1) is 15.1. The monoisotopic (exact) mass is 315 g/mol. The van der Waals surface area contributed by atoms with Gasteiger partial charge in [-0.3, -0.25) is 4.79 Å². The third kappa shape index (κ3) is 3.64. The van der Waals surface area contributed by atoms with Crippen molar-refractivity contribution in [3.05, 3.63) is 21.3 Å². The van der Waals surface area contributed by atoms with Gasteiger partial charge in [0.25, 0.3) is 0 Å². The summed E-state index contributed by atoms with van der Waals surface area (Å²) in [6, 6.07) is 3.60. The molecule has 1 aromatic heterocycles. The molecule has 1 saturated heterocycles. The molecule has 2 rings (SSSR count). The fraction of sp³-hybridized carbons (Fsp3) is 0.538. The van der Waals surface area contributed by atoms with E-state index in [0.717, 1.165) is 9.21 Å². The highest BCUT2D eigenvalue weighted by atomic mass is 35.5. The molecule has 0 bridgehead atoms. The Kier molecular flexibility index (Phi) is 4.88. The largest absolute Gasteiger partial charge is 0.339 e. The fourth-order valence-corrected chi connectivity index (χ4v) is 3.20. The van der Waals surface area contributed by atoms with Gasteiger partial charge >= 0.3 is 6.03 Å². The van der Waals surface area contributed by atoms with Gasteiger partial charge in [-0.15, -0.1) is 11.3 Å². The SMILES string of the molecule is CC(=O)N1CCN(C(=O)NC(C)c2ccc(Cl)s2)CC1. The highest BCUT2D eigenvalue weighted by molar-refractivity contribution is 7.16. The molecular formula is C13H18ClN3O2S. The summed E-state index contributed by atoms with van der Waals surface area (Å²) in [6.45, 7) is 5.83. The summed E-state index contributed by atoms with van der Waals surface area (Å²) in [5.74, 6) is 0.0617. The summed E-state index contributed by atoms with van der Waals surface area (Å²) in [4.78, 5) is 27.9. The number of rotatable bonds is 2. The zero-order valence-electron chi connectivity index (χ0n) is 11.6. The van der Waals surface area contributed by atoms with Crippen LogP contribution in [0.3, 0.4) is 0 Å². The van der Waals surface area contributed by atoms with E-state index in [1.54, 1.807) is 16.7 Å². The van der Waals surface area contributed by atoms with Crippen molar-refractivity contribution in [1.82, 2.24) is 15.1 Å². The summed E-state index contributed by atoms with van der Waals surface area (Å²) in [5, 5.41) is 2.96. The van der Waals surface area contributed by atoms with Gasteiger partial charge in [-0.05, 0) is 19.1 Å². The number of nitrogens with zero attached hydrogens (tertiary/aromatic N) is 2. The van der Waals surface area contributed by atoms with E-state index in [1.807, 2.05) is 19.1 Å². The van der Waals surface area contributed by atoms with Crippen LogP contribution >= 0.6 is 22.9 Å². The Morgan fingerprint density at radius 2 is 1.85 bits per heavy atom. The van der Waals surface area contributed by atoms with Crippen LogP contribution in [-0.4, -0.2) is 47.9 Å². The maximum Gasteiger partial charge on any atom is 0.318 e. The van der Waals surface area contributed by atoms with E-state index >= 15 is 0 Å². The van der Waals surface area contributed by atoms with Crippen molar-refractivity contribution in [2.45, 2.75) is 19.9 Å². The Morgan fingerprint density at radius 3 is 2.35 bits per heavy atom. The summed E-state index contributed by atoms with van der Waals surface area (Å²) in [7, 11) is 0. The van der Waals surface area contributed by atoms with E-state index < -0.39 is 0 Å². The Bertz CT molecular complexity index is 498. The molecule has 1 fully saturated rings. The van der Waals surface area contributed by atoms with Gasteiger partial charge < -0.3 is 15.1 Å². The number of carbonyl (C=O) groups excluding carboxylic acids is 2. The van der Waals surface area contributed by atoms with Crippen molar-refractivity contribution in [2.75, 3.05) is 26.2 Å². The second-order valence-electron chi connectivity index (χ2n) is 4.81. The highest BCUT2D eigenvalue weighted by Gasteiger charge is 2.23. The molecule has 2 heterocycles. The number of hydrogen-bond acceptors (Lipinski definition) is 3. The number of urea groups is 1. The van der Waals surface area contributed by atoms with Crippen LogP contribution in [0.4, 0.5) is 4.79 Å². The van der Waals surface area contributed by atoms with Crippen LogP contribution in [0.2, 0.25) is 4.34 Å². The number of hydrogen-bond donors (Lipinski definition) is 1. The molecule has 0 aromatic carbocycles. The molecule has 0 saturated carbocycles. The van der Waals surface area contributed by atoms with Gasteiger partial charge in [0.15, 0.2) is 0 Å². The summed E-state index contributed by atoms with van der Waals surface area (Å²) < 4.78 is 0.719. The summed E-state index contributed by atoms with van der Waals surface area (Å²) in [6.07, 6.45) is 0. The second-order valence-corrected chi connectivity index (χ2v) is 6.55. The minimum atomic E-state index is -0.0924. The lowest BCUT2D eigenvalue weighted by molar-refractivity contribution is -0.130. The first-order valence-corrected chi connectivity index (χ1v) is 7.73. The van der Waals surface area contributed by atoms with Gasteiger partial charge in [-0.25, -0.2) is 4.79 Å². The quantitative estimate of drug-likeness (QED) is 0.910. The molecule has 3 amide bonds. The Morgan fingerprint density at radius 1 is 1.25 bits per heavy atom. The number of carbonyl (C=O) groups is 2. The third-order valence-corrected chi connectivity index (χ3v) is 4.79. The van der Waals surface area contributed by atoms with Gasteiger partial charge in [-0.1, -0.05) is 11.6 Å². The molecule has 20 heavy (non-hydrogen) atoms. The van der Waals surface area contributed by atoms with Crippen molar-refractivity contribution in [2.24, 2.45) is 0 Å². The van der Waals surface area contributed by atoms with Crippen molar-refractivity contribution >= 4 is 34.9 Å². The number of piperazine rings is 1. The van der Waals surface area contributed by atoms with E-state index in [9.17, 15) is 9.59 Å². The highest BCUT2D eigenvalue weighted by Crippen LogP contribution is 2.26. The summed E-state index contributed by atoms with van der Waals surface area (Å²) in [5.41, 5.74) is 0. The van der Waals surface area contributed by atoms with Crippen LogP contribution in [0.25, 0.3) is 0 Å². The third-order valence-electron chi connectivity index (χ3n) is 3.37. The van der Waals surface area contributed by atoms with E-state index in [4.69, 9.17) is 11.6 Å². The first-order valence-electron chi connectivity index (χ1n) is 6.53. The minimum absolute atomic E-state index is 0.0617. The predicted molar refractivity (Wildman–Crippen MR) is 80.1 cm³/mol. The normalized spacial score (nSPS) is 16.9. The number of nitrogens with one attached hydrogen (secondary N) is 1. The van der Waals surface area contributed by atoms with Crippen molar-refractivity contribution in [3.63, 3.8) is 0 Å². The van der Waals surface area contributed by atoms with Gasteiger partial charge in [0.1, 0.15) is 0 Å². The molecule has 0 spiro atoms. The van der Waals surface area contributed by atoms with Crippen LogP contribution in [-0.2, 0) is 4.79 Å². The first-order chi connectivity index (χ1) is 9.47. The Hall–Kier alpha value is -1.27. The molecular weight excluding hydrogens is 298 g/mol. The van der Waals surface area contributed by atoms with E-state index in [1.165, 1.54) is 11.3 Å². The number of halogens is 1. The lowest BCUT2D eigenvalue weighted by atomic mass is 10.2. The molecule has 110 valence electrons. The van der Waals surface area contributed by atoms with Crippen LogP contribution in [0, 0.1) is 0 Å². The van der Waals surface area contributed by atoms with Gasteiger partial charge in [0.05, 0.1) is 10.4 Å². The maximum absolute atomic E-state index is 12.1. The van der Waals surface area contributed by atoms with Crippen LogP contribution in [0.1, 0.15) is 24.8 Å². The average molecular weight is 316 g/mol. The van der Waals surface area contributed by atoms with E-state index in [0.29, 0.717) is 26.2 Å². The molecule has 7 heteroatoms.